The molecular formula is C34H37ClF3N7O7. The molecule has 3 aromatic rings. The van der Waals surface area contributed by atoms with Crippen LogP contribution in [0.1, 0.15) is 49.5 Å². The number of amides is 2. The quantitative estimate of drug-likeness (QED) is 0.266. The van der Waals surface area contributed by atoms with E-state index in [1.165, 1.54) is 4.90 Å². The number of hydrogen-bond donors (Lipinski definition) is 3. The van der Waals surface area contributed by atoms with Crippen molar-refractivity contribution in [1.82, 2.24) is 25.2 Å². The first-order valence-electron chi connectivity index (χ1n) is 16.2. The fourth-order valence-electron chi connectivity index (χ4n) is 5.10. The molecular weight excluding hydrogens is 711 g/mol. The molecule has 0 fully saturated rings. The third kappa shape index (κ3) is 11.1. The van der Waals surface area contributed by atoms with Gasteiger partial charge in [-0.25, -0.2) is 4.79 Å². The lowest BCUT2D eigenvalue weighted by atomic mass is 9.92. The summed E-state index contributed by atoms with van der Waals surface area (Å²) in [4.78, 5) is 51.7. The molecule has 1 aromatic heterocycles. The number of hydrogen-bond acceptors (Lipinski definition) is 12. The Hall–Kier alpha value is -5.32. The molecule has 6 heterocycles. The molecule has 0 spiro atoms. The van der Waals surface area contributed by atoms with Crippen LogP contribution in [0.4, 0.5) is 35.5 Å². The maximum absolute atomic E-state index is 13.3. The van der Waals surface area contributed by atoms with E-state index in [0.717, 1.165) is 0 Å². The van der Waals surface area contributed by atoms with Crippen molar-refractivity contribution in [2.75, 3.05) is 50.1 Å². The van der Waals surface area contributed by atoms with Crippen LogP contribution in [0.3, 0.4) is 0 Å². The van der Waals surface area contributed by atoms with Crippen LogP contribution in [-0.2, 0) is 20.8 Å². The summed E-state index contributed by atoms with van der Waals surface area (Å²) in [6, 6.07) is 10.7. The first kappa shape index (κ1) is 37.9. The highest BCUT2D eigenvalue weighted by Gasteiger charge is 2.30. The molecule has 0 aliphatic carbocycles. The lowest BCUT2D eigenvalue weighted by Crippen LogP contribution is -2.45. The lowest BCUT2D eigenvalue weighted by Gasteiger charge is -2.32. The fourth-order valence-corrected chi connectivity index (χ4v) is 5.36. The predicted molar refractivity (Wildman–Crippen MR) is 182 cm³/mol. The Morgan fingerprint density at radius 1 is 1.06 bits per heavy atom. The number of carbonyl (C=O) groups is 3. The van der Waals surface area contributed by atoms with Crippen molar-refractivity contribution in [1.29, 1.82) is 0 Å². The van der Waals surface area contributed by atoms with Crippen LogP contribution in [0.15, 0.2) is 53.8 Å². The summed E-state index contributed by atoms with van der Waals surface area (Å²) >= 11 is 6.50. The van der Waals surface area contributed by atoms with Crippen molar-refractivity contribution in [2.45, 2.75) is 46.3 Å². The first-order chi connectivity index (χ1) is 24.6. The lowest BCUT2D eigenvalue weighted by molar-refractivity contribution is -0.154. The largest absolute Gasteiger partial charge is 0.492 e. The standard InChI is InChI=1S/C34H37ClF3N7O7/c1-20-13-27(46)52-26(20)16-50-32(48)45-11-4-12-49-25-10-5-21(14-24(25)35)15-39-29-42-30(44-31(43-29)51-19-34(36,37)38)41-23-8-6-22(7-9-23)28(47)40-17-33(2,3)18-45/h5-10,14H,4,11-13,15-19H2,1-3H3,(H,40,47)(H2,39,41,42,43,44). The van der Waals surface area contributed by atoms with E-state index in [4.69, 9.17) is 30.5 Å². The zero-order valence-corrected chi connectivity index (χ0v) is 29.3. The molecule has 3 N–H and O–H groups in total. The molecule has 0 unspecified atom stereocenters. The molecule has 2 amide bonds. The van der Waals surface area contributed by atoms with Gasteiger partial charge in [0.05, 0.1) is 18.1 Å². The minimum Gasteiger partial charge on any atom is -0.492 e. The van der Waals surface area contributed by atoms with E-state index in [0.29, 0.717) is 45.3 Å². The van der Waals surface area contributed by atoms with Crippen LogP contribution in [0, 0.1) is 5.41 Å². The number of carbonyl (C=O) groups excluding carboxylic acids is 3. The summed E-state index contributed by atoms with van der Waals surface area (Å²) in [6.07, 6.45) is -4.70. The predicted octanol–water partition coefficient (Wildman–Crippen LogP) is 6.02. The van der Waals surface area contributed by atoms with Gasteiger partial charge in [-0.1, -0.05) is 31.5 Å². The van der Waals surface area contributed by atoms with Crippen molar-refractivity contribution >= 4 is 47.2 Å². The highest BCUT2D eigenvalue weighted by molar-refractivity contribution is 6.32. The third-order valence-electron chi connectivity index (χ3n) is 7.71. The Labute approximate surface area is 302 Å². The van der Waals surface area contributed by atoms with Gasteiger partial charge in [-0.3, -0.25) is 9.59 Å². The Morgan fingerprint density at radius 3 is 2.50 bits per heavy atom. The number of cyclic esters (lactones) is 1. The van der Waals surface area contributed by atoms with E-state index in [1.54, 1.807) is 49.4 Å². The molecule has 14 nitrogen and oxygen atoms in total. The number of rotatable bonds is 4. The number of anilines is 3. The maximum atomic E-state index is 13.3. The Bertz CT molecular complexity index is 1820. The Morgan fingerprint density at radius 2 is 1.81 bits per heavy atom. The zero-order chi connectivity index (χ0) is 37.5. The molecule has 6 bridgehead atoms. The van der Waals surface area contributed by atoms with Crippen molar-refractivity contribution in [3.05, 3.63) is 69.9 Å². The normalized spacial score (nSPS) is 16.9. The molecule has 0 atom stereocenters. The second kappa shape index (κ2) is 16.4. The van der Waals surface area contributed by atoms with Gasteiger partial charge in [0.15, 0.2) is 13.2 Å². The van der Waals surface area contributed by atoms with Crippen molar-refractivity contribution in [3.8, 4) is 11.8 Å². The number of nitrogens with one attached hydrogen (secondary N) is 3. The molecule has 0 saturated heterocycles. The number of benzene rings is 2. The highest BCUT2D eigenvalue weighted by atomic mass is 35.5. The van der Waals surface area contributed by atoms with Crippen molar-refractivity contribution in [2.24, 2.45) is 5.41 Å². The van der Waals surface area contributed by atoms with Gasteiger partial charge in [-0.2, -0.15) is 28.1 Å². The summed E-state index contributed by atoms with van der Waals surface area (Å²) in [6.45, 7) is 4.68. The first-order valence-corrected chi connectivity index (χ1v) is 16.6. The summed E-state index contributed by atoms with van der Waals surface area (Å²) in [5.74, 6) is -0.256. The number of aromatic nitrogens is 3. The van der Waals surface area contributed by atoms with Crippen LogP contribution >= 0.6 is 11.6 Å². The monoisotopic (exact) mass is 747 g/mol. The number of alkyl halides is 3. The molecule has 18 heteroatoms. The molecule has 52 heavy (non-hydrogen) atoms. The highest BCUT2D eigenvalue weighted by Crippen LogP contribution is 2.27. The number of ether oxygens (including phenoxy) is 4. The third-order valence-corrected chi connectivity index (χ3v) is 8.01. The molecule has 8 rings (SSSR count). The SMILES string of the molecule is CC1=C(COC(=O)N2CCCOc3ccc(cc3Cl)CNc3nc(nc(OCC(F)(F)F)n3)Nc3ccc(cc3)C(=O)NCC(C)(C)C2)OC(=O)C1. The van der Waals surface area contributed by atoms with Gasteiger partial charge in [0.1, 0.15) is 11.5 Å². The number of nitrogens with zero attached hydrogens (tertiary/aromatic N) is 4. The molecule has 5 aliphatic rings. The smallest absolute Gasteiger partial charge is 0.422 e. The summed E-state index contributed by atoms with van der Waals surface area (Å²) in [7, 11) is 0. The van der Waals surface area contributed by atoms with E-state index < -0.39 is 36.3 Å². The van der Waals surface area contributed by atoms with Gasteiger partial charge < -0.3 is 39.8 Å². The molecule has 278 valence electrons. The minimum atomic E-state index is -4.62. The Balaban J connectivity index is 1.36. The molecule has 0 radical (unpaired) electrons. The van der Waals surface area contributed by atoms with Crippen LogP contribution in [0.5, 0.6) is 11.8 Å². The van der Waals surface area contributed by atoms with E-state index >= 15 is 0 Å². The molecule has 2 aromatic carbocycles. The second-order valence-electron chi connectivity index (χ2n) is 12.9. The van der Waals surface area contributed by atoms with Gasteiger partial charge in [0.2, 0.25) is 11.9 Å². The van der Waals surface area contributed by atoms with E-state index in [1.807, 2.05) is 13.8 Å². The Kier molecular flexibility index (Phi) is 11.9. The maximum Gasteiger partial charge on any atom is 0.422 e. The van der Waals surface area contributed by atoms with Crippen LogP contribution < -0.4 is 25.4 Å². The van der Waals surface area contributed by atoms with Crippen molar-refractivity contribution < 1.29 is 46.5 Å². The summed E-state index contributed by atoms with van der Waals surface area (Å²) < 4.78 is 60.0. The van der Waals surface area contributed by atoms with E-state index in [9.17, 15) is 27.6 Å². The van der Waals surface area contributed by atoms with Crippen LogP contribution in [-0.4, -0.2) is 83.5 Å². The average Bonchev–Trinajstić information content (AvgIpc) is 3.41. The molecule has 5 aliphatic heterocycles. The van der Waals surface area contributed by atoms with Gasteiger partial charge in [-0.05, 0) is 66.3 Å². The van der Waals surface area contributed by atoms with E-state index in [-0.39, 0.29) is 63.6 Å². The van der Waals surface area contributed by atoms with Gasteiger partial charge in [-0.15, -0.1) is 0 Å². The summed E-state index contributed by atoms with van der Waals surface area (Å²) in [5.41, 5.74) is 1.52. The second-order valence-corrected chi connectivity index (χ2v) is 13.3. The van der Waals surface area contributed by atoms with Gasteiger partial charge in [0, 0.05) is 37.4 Å². The van der Waals surface area contributed by atoms with Crippen molar-refractivity contribution in [3.63, 3.8) is 0 Å². The van der Waals surface area contributed by atoms with E-state index in [2.05, 4.69) is 30.9 Å². The topological polar surface area (TPSA) is 166 Å². The summed E-state index contributed by atoms with van der Waals surface area (Å²) in [5, 5.41) is 9.03. The average molecular weight is 748 g/mol. The molecule has 0 saturated carbocycles. The fraction of sp³-hybridized carbons (Fsp3) is 0.412. The minimum absolute atomic E-state index is 0.0709. The number of halogens is 4. The zero-order valence-electron chi connectivity index (χ0n) is 28.6. The van der Waals surface area contributed by atoms with Crippen LogP contribution in [0.2, 0.25) is 5.02 Å². The van der Waals surface area contributed by atoms with Gasteiger partial charge >= 0.3 is 24.2 Å². The van der Waals surface area contributed by atoms with Crippen LogP contribution in [0.25, 0.3) is 0 Å². The number of esters is 1. The van der Waals surface area contributed by atoms with Gasteiger partial charge in [0.25, 0.3) is 5.91 Å².